The minimum atomic E-state index is -0.521. The van der Waals surface area contributed by atoms with Gasteiger partial charge in [-0.2, -0.15) is 0 Å². The molecule has 6 rings (SSSR count). The molecule has 3 heterocycles. The van der Waals surface area contributed by atoms with E-state index in [0.717, 1.165) is 16.0 Å². The van der Waals surface area contributed by atoms with Gasteiger partial charge in [0.15, 0.2) is 12.4 Å². The van der Waals surface area contributed by atoms with Crippen LogP contribution >= 0.6 is 11.8 Å². The largest absolute Gasteiger partial charge is 0.441 e. The third-order valence-corrected chi connectivity index (χ3v) is 7.57. The van der Waals surface area contributed by atoms with E-state index in [1.54, 1.807) is 16.7 Å². The van der Waals surface area contributed by atoms with Gasteiger partial charge in [-0.05, 0) is 17.7 Å². The van der Waals surface area contributed by atoms with Crippen LogP contribution in [0.5, 0.6) is 0 Å². The molecule has 0 N–H and O–H groups in total. The number of carbonyl (C=O) groups is 1. The molecule has 3 aromatic carbocycles. The Kier molecular flexibility index (Phi) is 6.01. The third kappa shape index (κ3) is 4.20. The molecule has 3 aliphatic rings. The van der Waals surface area contributed by atoms with E-state index in [4.69, 9.17) is 18.9 Å². The van der Waals surface area contributed by atoms with Crippen molar-refractivity contribution in [3.05, 3.63) is 102 Å². The fourth-order valence-corrected chi connectivity index (χ4v) is 6.01. The molecule has 0 aliphatic carbocycles. The molecule has 0 spiro atoms. The van der Waals surface area contributed by atoms with Crippen LogP contribution in [-0.2, 0) is 25.5 Å². The molecule has 3 aromatic rings. The summed E-state index contributed by atoms with van der Waals surface area (Å²) in [6.07, 6.45) is -2.06. The van der Waals surface area contributed by atoms with Crippen molar-refractivity contribution in [2.24, 2.45) is 0 Å². The minimum Gasteiger partial charge on any atom is -0.441 e. The summed E-state index contributed by atoms with van der Waals surface area (Å²) < 4.78 is 24.9. The van der Waals surface area contributed by atoms with Crippen molar-refractivity contribution in [2.75, 3.05) is 6.61 Å². The lowest BCUT2D eigenvalue weighted by molar-refractivity contribution is -0.303. The van der Waals surface area contributed by atoms with Crippen LogP contribution in [0.3, 0.4) is 0 Å². The lowest BCUT2D eigenvalue weighted by Crippen LogP contribution is -2.62. The quantitative estimate of drug-likeness (QED) is 0.517. The number of hydrogen-bond acceptors (Lipinski definition) is 6. The number of carbonyl (C=O) groups excluding carboxylic acids is 1. The lowest BCUT2D eigenvalue weighted by Gasteiger charge is -2.47. The summed E-state index contributed by atoms with van der Waals surface area (Å²) in [6, 6.07) is 29.6. The monoisotopic (exact) mass is 475 g/mol. The van der Waals surface area contributed by atoms with Gasteiger partial charge in [0.1, 0.15) is 23.7 Å². The summed E-state index contributed by atoms with van der Waals surface area (Å²) in [6.45, 7) is 0.821. The molecule has 0 radical (unpaired) electrons. The first kappa shape index (κ1) is 21.7. The fraction of sp³-hybridized carbons (Fsp3) is 0.296. The van der Waals surface area contributed by atoms with Gasteiger partial charge in [0.25, 0.3) is 0 Å². The number of hydrogen-bond donors (Lipinski definition) is 0. The van der Waals surface area contributed by atoms with Gasteiger partial charge in [-0.25, -0.2) is 4.79 Å². The van der Waals surface area contributed by atoms with Crippen LogP contribution in [-0.4, -0.2) is 47.4 Å². The smallest absolute Gasteiger partial charge is 0.411 e. The van der Waals surface area contributed by atoms with Gasteiger partial charge in [0, 0.05) is 17.0 Å². The Hall–Kier alpha value is -2.84. The van der Waals surface area contributed by atoms with Gasteiger partial charge in [-0.15, -0.1) is 0 Å². The number of amides is 1. The molecule has 3 unspecified atom stereocenters. The van der Waals surface area contributed by atoms with E-state index < -0.39 is 18.5 Å². The van der Waals surface area contributed by atoms with Crippen LogP contribution in [0.2, 0.25) is 0 Å². The summed E-state index contributed by atoms with van der Waals surface area (Å²) in [5.41, 5.74) is 1.66. The summed E-state index contributed by atoms with van der Waals surface area (Å²) >= 11 is 1.60. The molecular weight excluding hydrogens is 450 g/mol. The van der Waals surface area contributed by atoms with Gasteiger partial charge in [-0.1, -0.05) is 90.6 Å². The summed E-state index contributed by atoms with van der Waals surface area (Å²) in [7, 11) is 0. The highest BCUT2D eigenvalue weighted by molar-refractivity contribution is 7.99. The molecule has 6 atom stereocenters. The summed E-state index contributed by atoms with van der Waals surface area (Å²) in [4.78, 5) is 16.0. The van der Waals surface area contributed by atoms with E-state index in [0.29, 0.717) is 13.2 Å². The Bertz CT molecular complexity index is 1120. The van der Waals surface area contributed by atoms with E-state index in [2.05, 4.69) is 0 Å². The second kappa shape index (κ2) is 9.43. The van der Waals surface area contributed by atoms with Crippen molar-refractivity contribution in [1.29, 1.82) is 0 Å². The highest BCUT2D eigenvalue weighted by atomic mass is 32.2. The maximum Gasteiger partial charge on any atom is 0.411 e. The highest BCUT2D eigenvalue weighted by Crippen LogP contribution is 2.44. The van der Waals surface area contributed by atoms with Crippen molar-refractivity contribution in [2.45, 2.75) is 47.5 Å². The first-order valence-corrected chi connectivity index (χ1v) is 12.3. The molecule has 3 fully saturated rings. The van der Waals surface area contributed by atoms with Crippen LogP contribution in [0, 0.1) is 0 Å². The Morgan fingerprint density at radius 3 is 2.24 bits per heavy atom. The van der Waals surface area contributed by atoms with Gasteiger partial charge < -0.3 is 18.9 Å². The van der Waals surface area contributed by atoms with Crippen molar-refractivity contribution >= 4 is 17.9 Å². The topological polar surface area (TPSA) is 57.2 Å². The van der Waals surface area contributed by atoms with Crippen molar-refractivity contribution in [3.63, 3.8) is 0 Å². The first-order valence-electron chi connectivity index (χ1n) is 11.5. The molecule has 0 saturated carbocycles. The molecule has 34 heavy (non-hydrogen) atoms. The van der Waals surface area contributed by atoms with Crippen LogP contribution < -0.4 is 0 Å². The zero-order chi connectivity index (χ0) is 22.9. The third-order valence-electron chi connectivity index (χ3n) is 6.40. The van der Waals surface area contributed by atoms with E-state index >= 15 is 0 Å². The Morgan fingerprint density at radius 1 is 0.824 bits per heavy atom. The standard InChI is InChI=1S/C27H25NO5S/c29-27-28(16-18-10-4-1-5-11-18)22-24(33-27)23-21(31-26(22)34-20-14-8-3-9-15-20)17-30-25(32-23)19-12-6-2-7-13-19/h1-15,21-26H,16-17H2/t21?,22?,23-,24+,25?,26-/m0/s1. The van der Waals surface area contributed by atoms with Crippen molar-refractivity contribution in [3.8, 4) is 0 Å². The van der Waals surface area contributed by atoms with Gasteiger partial charge in [-0.3, -0.25) is 4.90 Å². The molecule has 3 aliphatic heterocycles. The predicted molar refractivity (Wildman–Crippen MR) is 127 cm³/mol. The minimum absolute atomic E-state index is 0.298. The Morgan fingerprint density at radius 2 is 1.50 bits per heavy atom. The Balaban J connectivity index is 1.30. The van der Waals surface area contributed by atoms with E-state index in [1.165, 1.54) is 0 Å². The van der Waals surface area contributed by atoms with Crippen molar-refractivity contribution in [1.82, 2.24) is 4.90 Å². The summed E-state index contributed by atoms with van der Waals surface area (Å²) in [5.74, 6) is 0. The zero-order valence-corrected chi connectivity index (χ0v) is 19.3. The van der Waals surface area contributed by atoms with Gasteiger partial charge in [0.05, 0.1) is 6.61 Å². The number of benzene rings is 3. The molecule has 3 saturated heterocycles. The maximum atomic E-state index is 13.1. The van der Waals surface area contributed by atoms with Crippen LogP contribution in [0.15, 0.2) is 95.9 Å². The van der Waals surface area contributed by atoms with Gasteiger partial charge in [0.2, 0.25) is 0 Å². The van der Waals surface area contributed by atoms with E-state index in [-0.39, 0.29) is 23.7 Å². The molecule has 174 valence electrons. The maximum absolute atomic E-state index is 13.1. The summed E-state index contributed by atoms with van der Waals surface area (Å²) in [5, 5.41) is 0. The first-order chi connectivity index (χ1) is 16.8. The Labute approximate surface area is 202 Å². The normalized spacial score (nSPS) is 30.4. The average molecular weight is 476 g/mol. The SMILES string of the molecule is O=C1O[C@@H]2C([C@H](Sc3ccccc3)OC3COC(c4ccccc4)O[C@@H]32)N1Cc1ccccc1. The molecule has 0 aromatic heterocycles. The second-order valence-corrected chi connectivity index (χ2v) is 9.77. The molecule has 0 bridgehead atoms. The number of rotatable bonds is 5. The van der Waals surface area contributed by atoms with E-state index in [9.17, 15) is 4.79 Å². The van der Waals surface area contributed by atoms with Crippen LogP contribution in [0.4, 0.5) is 4.79 Å². The van der Waals surface area contributed by atoms with Crippen LogP contribution in [0.1, 0.15) is 17.4 Å². The fourth-order valence-electron chi connectivity index (χ4n) is 4.79. The number of thioether (sulfide) groups is 1. The predicted octanol–water partition coefficient (Wildman–Crippen LogP) is 5.01. The molecule has 6 nitrogen and oxygen atoms in total. The highest BCUT2D eigenvalue weighted by Gasteiger charge is 2.58. The second-order valence-electron chi connectivity index (χ2n) is 8.60. The molecule has 7 heteroatoms. The average Bonchev–Trinajstić information content (AvgIpc) is 3.22. The zero-order valence-electron chi connectivity index (χ0n) is 18.4. The van der Waals surface area contributed by atoms with Crippen molar-refractivity contribution < 1.29 is 23.7 Å². The number of fused-ring (bicyclic) bond motifs is 3. The number of ether oxygens (including phenoxy) is 4. The van der Waals surface area contributed by atoms with Crippen LogP contribution in [0.25, 0.3) is 0 Å². The number of nitrogens with zero attached hydrogens (tertiary/aromatic N) is 1. The molecular formula is C27H25NO5S. The van der Waals surface area contributed by atoms with E-state index in [1.807, 2.05) is 91.0 Å². The molecule has 1 amide bonds. The lowest BCUT2D eigenvalue weighted by atomic mass is 9.96. The van der Waals surface area contributed by atoms with Gasteiger partial charge >= 0.3 is 6.09 Å².